The Morgan fingerprint density at radius 1 is 1.21 bits per heavy atom. The molecule has 1 aliphatic rings. The number of hydrogen-bond donors (Lipinski definition) is 1. The Bertz CT molecular complexity index is 292. The third kappa shape index (κ3) is 2.70. The van der Waals surface area contributed by atoms with Crippen molar-refractivity contribution in [2.24, 2.45) is 0 Å². The molecule has 1 aromatic rings. The summed E-state index contributed by atoms with van der Waals surface area (Å²) in [7, 11) is 0. The van der Waals surface area contributed by atoms with E-state index in [4.69, 9.17) is 0 Å². The topological polar surface area (TPSA) is 12.0 Å². The summed E-state index contributed by atoms with van der Waals surface area (Å²) >= 11 is 2.41. The SMILES string of the molecule is Ic1ccccc1CNC1CCCC1. The standard InChI is InChI=1S/C12H16IN/c13-12-8-4-1-5-10(12)9-14-11-6-2-3-7-11/h1,4-5,8,11,14H,2-3,6-7,9H2. The molecule has 0 saturated heterocycles. The Morgan fingerprint density at radius 2 is 1.93 bits per heavy atom. The minimum atomic E-state index is 0.769. The van der Waals surface area contributed by atoms with E-state index >= 15 is 0 Å². The van der Waals surface area contributed by atoms with Crippen LogP contribution < -0.4 is 5.32 Å². The van der Waals surface area contributed by atoms with Crippen molar-refractivity contribution in [3.63, 3.8) is 0 Å². The highest BCUT2D eigenvalue weighted by Gasteiger charge is 2.13. The first-order chi connectivity index (χ1) is 6.86. The summed E-state index contributed by atoms with van der Waals surface area (Å²) < 4.78 is 1.37. The van der Waals surface area contributed by atoms with Gasteiger partial charge in [-0.15, -0.1) is 0 Å². The molecule has 0 spiro atoms. The Labute approximate surface area is 99.4 Å². The third-order valence-electron chi connectivity index (χ3n) is 2.89. The van der Waals surface area contributed by atoms with Crippen LogP contribution >= 0.6 is 22.6 Å². The van der Waals surface area contributed by atoms with Crippen molar-refractivity contribution in [1.82, 2.24) is 5.32 Å². The molecule has 0 unspecified atom stereocenters. The fourth-order valence-corrected chi connectivity index (χ4v) is 2.60. The maximum atomic E-state index is 3.63. The molecule has 0 aromatic heterocycles. The monoisotopic (exact) mass is 301 g/mol. The highest BCUT2D eigenvalue weighted by Crippen LogP contribution is 2.19. The zero-order valence-corrected chi connectivity index (χ0v) is 10.5. The molecular formula is C12H16IN. The Hall–Kier alpha value is -0.0900. The van der Waals surface area contributed by atoms with Gasteiger partial charge < -0.3 is 5.32 Å². The Morgan fingerprint density at radius 3 is 2.64 bits per heavy atom. The molecule has 0 amide bonds. The molecule has 0 bridgehead atoms. The summed E-state index contributed by atoms with van der Waals surface area (Å²) in [5.74, 6) is 0. The van der Waals surface area contributed by atoms with Crippen LogP contribution in [0.2, 0.25) is 0 Å². The molecule has 1 nitrogen and oxygen atoms in total. The predicted octanol–water partition coefficient (Wildman–Crippen LogP) is 3.32. The summed E-state index contributed by atoms with van der Waals surface area (Å²) in [5.41, 5.74) is 1.43. The van der Waals surface area contributed by atoms with Gasteiger partial charge in [-0.2, -0.15) is 0 Å². The lowest BCUT2D eigenvalue weighted by atomic mass is 10.2. The molecule has 1 saturated carbocycles. The van der Waals surface area contributed by atoms with Gasteiger partial charge in [0, 0.05) is 16.2 Å². The number of hydrogen-bond acceptors (Lipinski definition) is 1. The van der Waals surface area contributed by atoms with Crippen LogP contribution in [-0.2, 0) is 6.54 Å². The summed E-state index contributed by atoms with van der Waals surface area (Å²) in [6.45, 7) is 1.03. The molecule has 1 aromatic carbocycles. The van der Waals surface area contributed by atoms with Crippen molar-refractivity contribution in [1.29, 1.82) is 0 Å². The van der Waals surface area contributed by atoms with Gasteiger partial charge in [0.15, 0.2) is 0 Å². The summed E-state index contributed by atoms with van der Waals surface area (Å²) in [6, 6.07) is 9.37. The summed E-state index contributed by atoms with van der Waals surface area (Å²) in [6.07, 6.45) is 5.54. The van der Waals surface area contributed by atoms with E-state index in [1.165, 1.54) is 34.8 Å². The van der Waals surface area contributed by atoms with Gasteiger partial charge in [-0.25, -0.2) is 0 Å². The van der Waals surface area contributed by atoms with Crippen LogP contribution in [0.1, 0.15) is 31.2 Å². The van der Waals surface area contributed by atoms with Crippen LogP contribution in [0.5, 0.6) is 0 Å². The summed E-state index contributed by atoms with van der Waals surface area (Å²) in [5, 5.41) is 3.63. The molecular weight excluding hydrogens is 285 g/mol. The normalized spacial score (nSPS) is 17.5. The lowest BCUT2D eigenvalue weighted by molar-refractivity contribution is 0.523. The van der Waals surface area contributed by atoms with Crippen LogP contribution in [0, 0.1) is 3.57 Å². The second-order valence-corrected chi connectivity index (χ2v) is 5.12. The molecule has 0 atom stereocenters. The van der Waals surface area contributed by atoms with Crippen molar-refractivity contribution in [3.8, 4) is 0 Å². The molecule has 0 heterocycles. The minimum absolute atomic E-state index is 0.769. The van der Waals surface area contributed by atoms with Crippen LogP contribution in [0.3, 0.4) is 0 Å². The zero-order chi connectivity index (χ0) is 9.80. The molecule has 14 heavy (non-hydrogen) atoms. The average Bonchev–Trinajstić information content (AvgIpc) is 2.69. The van der Waals surface area contributed by atoms with Crippen molar-refractivity contribution < 1.29 is 0 Å². The number of nitrogens with one attached hydrogen (secondary N) is 1. The average molecular weight is 301 g/mol. The van der Waals surface area contributed by atoms with E-state index in [0.29, 0.717) is 0 Å². The predicted molar refractivity (Wildman–Crippen MR) is 68.3 cm³/mol. The van der Waals surface area contributed by atoms with Gasteiger partial charge in [-0.3, -0.25) is 0 Å². The maximum Gasteiger partial charge on any atom is 0.0218 e. The third-order valence-corrected chi connectivity index (χ3v) is 3.95. The first-order valence-electron chi connectivity index (χ1n) is 5.33. The fourth-order valence-electron chi connectivity index (χ4n) is 2.03. The van der Waals surface area contributed by atoms with Gasteiger partial charge in [0.2, 0.25) is 0 Å². The van der Waals surface area contributed by atoms with Gasteiger partial charge >= 0.3 is 0 Å². The first-order valence-corrected chi connectivity index (χ1v) is 6.41. The van der Waals surface area contributed by atoms with Crippen molar-refractivity contribution in [3.05, 3.63) is 33.4 Å². The Balaban J connectivity index is 1.88. The first kappa shape index (κ1) is 10.4. The van der Waals surface area contributed by atoms with E-state index in [2.05, 4.69) is 52.2 Å². The van der Waals surface area contributed by atoms with Crippen molar-refractivity contribution in [2.45, 2.75) is 38.3 Å². The molecule has 1 fully saturated rings. The molecule has 0 radical (unpaired) electrons. The molecule has 2 heteroatoms. The van der Waals surface area contributed by atoms with Crippen molar-refractivity contribution in [2.75, 3.05) is 0 Å². The number of halogens is 1. The van der Waals surface area contributed by atoms with E-state index in [1.54, 1.807) is 0 Å². The lowest BCUT2D eigenvalue weighted by Gasteiger charge is -2.12. The smallest absolute Gasteiger partial charge is 0.0218 e. The van der Waals surface area contributed by atoms with Gasteiger partial charge in [0.25, 0.3) is 0 Å². The lowest BCUT2D eigenvalue weighted by Crippen LogP contribution is -2.25. The van der Waals surface area contributed by atoms with Gasteiger partial charge in [-0.1, -0.05) is 31.0 Å². The van der Waals surface area contributed by atoms with E-state index in [-0.39, 0.29) is 0 Å². The quantitative estimate of drug-likeness (QED) is 0.845. The van der Waals surface area contributed by atoms with Gasteiger partial charge in [0.05, 0.1) is 0 Å². The van der Waals surface area contributed by atoms with Gasteiger partial charge in [0.1, 0.15) is 0 Å². The van der Waals surface area contributed by atoms with E-state index in [1.807, 2.05) is 0 Å². The van der Waals surface area contributed by atoms with Crippen LogP contribution in [-0.4, -0.2) is 6.04 Å². The molecule has 76 valence electrons. The molecule has 1 aliphatic carbocycles. The maximum absolute atomic E-state index is 3.63. The minimum Gasteiger partial charge on any atom is -0.310 e. The highest BCUT2D eigenvalue weighted by molar-refractivity contribution is 14.1. The highest BCUT2D eigenvalue weighted by atomic mass is 127. The van der Waals surface area contributed by atoms with E-state index in [9.17, 15) is 0 Å². The largest absolute Gasteiger partial charge is 0.310 e. The number of rotatable bonds is 3. The second-order valence-electron chi connectivity index (χ2n) is 3.95. The second kappa shape index (κ2) is 5.12. The van der Waals surface area contributed by atoms with Crippen molar-refractivity contribution >= 4 is 22.6 Å². The van der Waals surface area contributed by atoms with Gasteiger partial charge in [-0.05, 0) is 47.1 Å². The fraction of sp³-hybridized carbons (Fsp3) is 0.500. The summed E-state index contributed by atoms with van der Waals surface area (Å²) in [4.78, 5) is 0. The molecule has 1 N–H and O–H groups in total. The zero-order valence-electron chi connectivity index (χ0n) is 8.30. The number of benzene rings is 1. The molecule has 2 rings (SSSR count). The van der Waals surface area contributed by atoms with Crippen LogP contribution in [0.25, 0.3) is 0 Å². The van der Waals surface area contributed by atoms with Crippen LogP contribution in [0.4, 0.5) is 0 Å². The van der Waals surface area contributed by atoms with E-state index < -0.39 is 0 Å². The molecule has 0 aliphatic heterocycles. The van der Waals surface area contributed by atoms with Crippen LogP contribution in [0.15, 0.2) is 24.3 Å². The Kier molecular flexibility index (Phi) is 3.81. The van der Waals surface area contributed by atoms with E-state index in [0.717, 1.165) is 12.6 Å².